The van der Waals surface area contributed by atoms with E-state index < -0.39 is 0 Å². The van der Waals surface area contributed by atoms with E-state index in [9.17, 15) is 4.79 Å². The van der Waals surface area contributed by atoms with E-state index >= 15 is 0 Å². The predicted molar refractivity (Wildman–Crippen MR) is 37.7 cm³/mol. The summed E-state index contributed by atoms with van der Waals surface area (Å²) in [6, 6.07) is 0. The van der Waals surface area contributed by atoms with Crippen molar-refractivity contribution >= 4 is 34.1 Å². The second-order valence-corrected chi connectivity index (χ2v) is 2.85. The molecule has 1 rings (SSSR count). The van der Waals surface area contributed by atoms with Crippen LogP contribution in [0.3, 0.4) is 0 Å². The van der Waals surface area contributed by atoms with Gasteiger partial charge in [-0.25, -0.2) is 0 Å². The average Bonchev–Trinajstić information content (AvgIpc) is 1.91. The SMILES string of the molecule is O=c1[nH]scc1I. The van der Waals surface area contributed by atoms with E-state index in [0.29, 0.717) is 0 Å². The molecular formula is C3H2INOS. The summed E-state index contributed by atoms with van der Waals surface area (Å²) in [5.41, 5.74) is 0.0191. The number of aromatic nitrogens is 1. The van der Waals surface area contributed by atoms with E-state index in [1.54, 1.807) is 5.38 Å². The molecule has 0 aliphatic rings. The molecule has 4 heteroatoms. The van der Waals surface area contributed by atoms with Gasteiger partial charge in [-0.1, -0.05) is 11.5 Å². The molecular weight excluding hydrogens is 225 g/mol. The zero-order chi connectivity index (χ0) is 5.28. The number of halogens is 1. The molecule has 1 aromatic rings. The third-order valence-electron chi connectivity index (χ3n) is 0.531. The highest BCUT2D eigenvalue weighted by molar-refractivity contribution is 14.1. The van der Waals surface area contributed by atoms with Crippen LogP contribution in [-0.2, 0) is 0 Å². The molecule has 7 heavy (non-hydrogen) atoms. The molecule has 0 aromatic carbocycles. The van der Waals surface area contributed by atoms with Gasteiger partial charge in [0, 0.05) is 5.38 Å². The van der Waals surface area contributed by atoms with Crippen molar-refractivity contribution in [2.75, 3.05) is 0 Å². The van der Waals surface area contributed by atoms with E-state index in [-0.39, 0.29) is 5.56 Å². The Balaban J connectivity index is 3.39. The molecule has 0 fully saturated rings. The monoisotopic (exact) mass is 227 g/mol. The second kappa shape index (κ2) is 1.95. The normalized spacial score (nSPS) is 9.29. The van der Waals surface area contributed by atoms with Crippen molar-refractivity contribution in [3.05, 3.63) is 19.3 Å². The summed E-state index contributed by atoms with van der Waals surface area (Å²) >= 11 is 3.31. The van der Waals surface area contributed by atoms with E-state index in [1.807, 2.05) is 22.6 Å². The molecule has 0 spiro atoms. The molecule has 1 heterocycles. The molecule has 0 unspecified atom stereocenters. The van der Waals surface area contributed by atoms with Crippen LogP contribution in [0.2, 0.25) is 0 Å². The zero-order valence-electron chi connectivity index (χ0n) is 3.27. The van der Waals surface area contributed by atoms with Crippen molar-refractivity contribution in [1.82, 2.24) is 4.37 Å². The third kappa shape index (κ3) is 1.03. The van der Waals surface area contributed by atoms with Crippen molar-refractivity contribution in [1.29, 1.82) is 0 Å². The van der Waals surface area contributed by atoms with Crippen LogP contribution in [0, 0.1) is 3.57 Å². The van der Waals surface area contributed by atoms with Crippen LogP contribution in [0.15, 0.2) is 10.2 Å². The minimum atomic E-state index is 0.0191. The molecule has 0 bridgehead atoms. The first-order chi connectivity index (χ1) is 3.30. The Bertz CT molecular complexity index is 203. The number of H-pyrrole nitrogens is 1. The van der Waals surface area contributed by atoms with Crippen LogP contribution in [0.5, 0.6) is 0 Å². The number of nitrogens with one attached hydrogen (secondary N) is 1. The van der Waals surface area contributed by atoms with Gasteiger partial charge in [0.2, 0.25) is 0 Å². The van der Waals surface area contributed by atoms with E-state index in [1.165, 1.54) is 11.5 Å². The predicted octanol–water partition coefficient (Wildman–Crippen LogP) is 1.04. The number of hydrogen-bond acceptors (Lipinski definition) is 2. The first-order valence-corrected chi connectivity index (χ1v) is 3.58. The molecule has 0 atom stereocenters. The lowest BCUT2D eigenvalue weighted by Gasteiger charge is -1.61. The van der Waals surface area contributed by atoms with Crippen LogP contribution < -0.4 is 5.56 Å². The zero-order valence-corrected chi connectivity index (χ0v) is 6.25. The van der Waals surface area contributed by atoms with E-state index in [2.05, 4.69) is 4.37 Å². The van der Waals surface area contributed by atoms with Gasteiger partial charge in [-0.05, 0) is 22.6 Å². The molecule has 0 saturated carbocycles. The number of hydrogen-bond donors (Lipinski definition) is 1. The third-order valence-corrected chi connectivity index (χ3v) is 2.41. The summed E-state index contributed by atoms with van der Waals surface area (Å²) in [7, 11) is 0. The van der Waals surface area contributed by atoms with Crippen molar-refractivity contribution in [3.63, 3.8) is 0 Å². The van der Waals surface area contributed by atoms with Gasteiger partial charge < -0.3 is 0 Å². The lowest BCUT2D eigenvalue weighted by molar-refractivity contribution is 1.40. The first kappa shape index (κ1) is 5.30. The maximum atomic E-state index is 10.4. The molecule has 0 aliphatic carbocycles. The van der Waals surface area contributed by atoms with Gasteiger partial charge in [-0.15, -0.1) is 0 Å². The summed E-state index contributed by atoms with van der Waals surface area (Å²) in [6.45, 7) is 0. The highest BCUT2D eigenvalue weighted by Gasteiger charge is 1.89. The fourth-order valence-corrected chi connectivity index (χ4v) is 1.42. The van der Waals surface area contributed by atoms with Crippen molar-refractivity contribution in [3.8, 4) is 0 Å². The largest absolute Gasteiger partial charge is 0.277 e. The molecule has 0 saturated heterocycles. The maximum Gasteiger partial charge on any atom is 0.271 e. The highest BCUT2D eigenvalue weighted by atomic mass is 127. The van der Waals surface area contributed by atoms with Crippen molar-refractivity contribution in [2.45, 2.75) is 0 Å². The number of aromatic amines is 1. The summed E-state index contributed by atoms with van der Waals surface area (Å²) in [6.07, 6.45) is 0. The topological polar surface area (TPSA) is 32.9 Å². The van der Waals surface area contributed by atoms with E-state index in [0.717, 1.165) is 3.57 Å². The fraction of sp³-hybridized carbons (Fsp3) is 0. The molecule has 0 aliphatic heterocycles. The average molecular weight is 227 g/mol. The van der Waals surface area contributed by atoms with Crippen LogP contribution in [-0.4, -0.2) is 4.37 Å². The first-order valence-electron chi connectivity index (χ1n) is 1.62. The van der Waals surface area contributed by atoms with Gasteiger partial charge in [-0.2, -0.15) is 0 Å². The Labute approximate surface area is 57.9 Å². The lowest BCUT2D eigenvalue weighted by atomic mass is 10.8. The van der Waals surface area contributed by atoms with Gasteiger partial charge in [0.05, 0.1) is 3.57 Å². The van der Waals surface area contributed by atoms with E-state index in [4.69, 9.17) is 0 Å². The Hall–Kier alpha value is 0.160. The summed E-state index contributed by atoms with van der Waals surface area (Å²) in [5.74, 6) is 0. The Morgan fingerprint density at radius 2 is 2.57 bits per heavy atom. The van der Waals surface area contributed by atoms with Crippen LogP contribution in [0.4, 0.5) is 0 Å². The smallest absolute Gasteiger partial charge is 0.271 e. The van der Waals surface area contributed by atoms with Crippen molar-refractivity contribution < 1.29 is 0 Å². The molecule has 2 nitrogen and oxygen atoms in total. The molecule has 1 aromatic heterocycles. The molecule has 0 amide bonds. The van der Waals surface area contributed by atoms with Crippen LogP contribution in [0.1, 0.15) is 0 Å². The summed E-state index contributed by atoms with van der Waals surface area (Å²) in [5, 5.41) is 1.78. The van der Waals surface area contributed by atoms with Gasteiger partial charge in [0.25, 0.3) is 5.56 Å². The summed E-state index contributed by atoms with van der Waals surface area (Å²) < 4.78 is 3.31. The Morgan fingerprint density at radius 3 is 2.71 bits per heavy atom. The Kier molecular flexibility index (Phi) is 1.48. The maximum absolute atomic E-state index is 10.4. The minimum Gasteiger partial charge on any atom is -0.277 e. The van der Waals surface area contributed by atoms with Crippen LogP contribution in [0.25, 0.3) is 0 Å². The van der Waals surface area contributed by atoms with Crippen molar-refractivity contribution in [2.24, 2.45) is 0 Å². The quantitative estimate of drug-likeness (QED) is 0.660. The van der Waals surface area contributed by atoms with Gasteiger partial charge >= 0.3 is 0 Å². The molecule has 38 valence electrons. The summed E-state index contributed by atoms with van der Waals surface area (Å²) in [4.78, 5) is 10.4. The molecule has 1 N–H and O–H groups in total. The van der Waals surface area contributed by atoms with Crippen LogP contribution >= 0.6 is 34.1 Å². The second-order valence-electron chi connectivity index (χ2n) is 1.01. The Morgan fingerprint density at radius 1 is 1.86 bits per heavy atom. The minimum absolute atomic E-state index is 0.0191. The van der Waals surface area contributed by atoms with Gasteiger partial charge in [0.15, 0.2) is 0 Å². The lowest BCUT2D eigenvalue weighted by Crippen LogP contribution is -1.98. The van der Waals surface area contributed by atoms with Gasteiger partial charge in [0.1, 0.15) is 0 Å². The number of rotatable bonds is 0. The standard InChI is InChI=1S/C3H2INOS/c4-2-1-7-5-3(2)6/h1H,(H,5,6). The van der Waals surface area contributed by atoms with Gasteiger partial charge in [-0.3, -0.25) is 9.17 Å². The molecule has 0 radical (unpaired) electrons. The highest BCUT2D eigenvalue weighted by Crippen LogP contribution is 1.96. The fourth-order valence-electron chi connectivity index (χ4n) is 0.237.